The van der Waals surface area contributed by atoms with E-state index >= 15 is 0 Å². The lowest BCUT2D eigenvalue weighted by atomic mass is 9.91. The Kier molecular flexibility index (Phi) is 6.72. The van der Waals surface area contributed by atoms with E-state index in [0.29, 0.717) is 12.0 Å². The van der Waals surface area contributed by atoms with E-state index in [9.17, 15) is 4.79 Å². The largest absolute Gasteiger partial charge is 0.362 e. The molecule has 2 aromatic rings. The quantitative estimate of drug-likeness (QED) is 0.777. The third-order valence-electron chi connectivity index (χ3n) is 5.78. The smallest absolute Gasteiger partial charge is 0.251 e. The highest BCUT2D eigenvalue weighted by atomic mass is 16.1. The maximum Gasteiger partial charge on any atom is 0.251 e. The number of aryl methyl sites for hydroxylation is 2. The molecule has 29 heavy (non-hydrogen) atoms. The fourth-order valence-electron chi connectivity index (χ4n) is 3.88. The summed E-state index contributed by atoms with van der Waals surface area (Å²) in [6.45, 7) is 6.18. The number of benzene rings is 1. The van der Waals surface area contributed by atoms with E-state index in [1.54, 1.807) is 0 Å². The van der Waals surface area contributed by atoms with Gasteiger partial charge in [0, 0.05) is 43.0 Å². The Morgan fingerprint density at radius 2 is 1.79 bits per heavy atom. The van der Waals surface area contributed by atoms with Gasteiger partial charge >= 0.3 is 0 Å². The highest BCUT2D eigenvalue weighted by Crippen LogP contribution is 2.24. The Labute approximate surface area is 174 Å². The van der Waals surface area contributed by atoms with Gasteiger partial charge in [-0.1, -0.05) is 19.1 Å². The molecule has 1 aromatic carbocycles. The van der Waals surface area contributed by atoms with Crippen LogP contribution >= 0.6 is 0 Å². The summed E-state index contributed by atoms with van der Waals surface area (Å²) in [5.74, 6) is 1.68. The van der Waals surface area contributed by atoms with Crippen molar-refractivity contribution in [2.75, 3.05) is 24.3 Å². The van der Waals surface area contributed by atoms with Crippen LogP contribution in [-0.2, 0) is 6.42 Å². The second-order valence-corrected chi connectivity index (χ2v) is 8.20. The number of amides is 1. The van der Waals surface area contributed by atoms with E-state index < -0.39 is 0 Å². The second kappa shape index (κ2) is 9.25. The fraction of sp³-hybridized carbons (Fsp3) is 0.522. The number of nitrogens with one attached hydrogen (secondary N) is 2. The number of anilines is 2. The van der Waals surface area contributed by atoms with E-state index in [1.807, 2.05) is 44.1 Å². The van der Waals surface area contributed by atoms with Crippen molar-refractivity contribution in [3.8, 4) is 0 Å². The molecule has 156 valence electrons. The van der Waals surface area contributed by atoms with Gasteiger partial charge in [0.2, 0.25) is 5.95 Å². The summed E-state index contributed by atoms with van der Waals surface area (Å²) in [6.07, 6.45) is 4.85. The first-order valence-corrected chi connectivity index (χ1v) is 10.6. The molecule has 1 amide bonds. The molecule has 6 heteroatoms. The highest BCUT2D eigenvalue weighted by Gasteiger charge is 2.24. The normalized spacial score (nSPS) is 18.9. The van der Waals surface area contributed by atoms with Gasteiger partial charge in [-0.3, -0.25) is 4.79 Å². The molecular formula is C23H33N5O. The molecule has 6 nitrogen and oxygen atoms in total. The summed E-state index contributed by atoms with van der Waals surface area (Å²) < 4.78 is 0. The lowest BCUT2D eigenvalue weighted by Gasteiger charge is -2.30. The predicted octanol–water partition coefficient (Wildman–Crippen LogP) is 3.87. The SMILES string of the molecule is CCc1cccc(C(=O)N[C@H]2CC[C@@H](Nc3nc(C)c(C)c(N(C)C)n3)CC2)c1. The van der Waals surface area contributed by atoms with Crippen molar-refractivity contribution in [3.05, 3.63) is 46.6 Å². The van der Waals surface area contributed by atoms with E-state index in [2.05, 4.69) is 40.5 Å². The molecule has 1 saturated carbocycles. The van der Waals surface area contributed by atoms with Crippen molar-refractivity contribution in [1.29, 1.82) is 0 Å². The van der Waals surface area contributed by atoms with Gasteiger partial charge in [0.25, 0.3) is 5.91 Å². The van der Waals surface area contributed by atoms with E-state index in [-0.39, 0.29) is 11.9 Å². The lowest BCUT2D eigenvalue weighted by molar-refractivity contribution is 0.0926. The van der Waals surface area contributed by atoms with Crippen LogP contribution in [0.25, 0.3) is 0 Å². The molecular weight excluding hydrogens is 362 g/mol. The number of carbonyl (C=O) groups excluding carboxylic acids is 1. The number of hydrogen-bond donors (Lipinski definition) is 2. The third-order valence-corrected chi connectivity index (χ3v) is 5.78. The third kappa shape index (κ3) is 5.25. The number of nitrogens with zero attached hydrogens (tertiary/aromatic N) is 3. The number of carbonyl (C=O) groups is 1. The summed E-state index contributed by atoms with van der Waals surface area (Å²) in [5, 5.41) is 6.71. The van der Waals surface area contributed by atoms with Gasteiger partial charge in [-0.2, -0.15) is 4.98 Å². The summed E-state index contributed by atoms with van der Waals surface area (Å²) in [4.78, 5) is 23.9. The maximum atomic E-state index is 12.6. The summed E-state index contributed by atoms with van der Waals surface area (Å²) in [6, 6.07) is 8.46. The standard InChI is InChI=1S/C23H33N5O/c1-6-17-8-7-9-18(14-17)22(29)25-19-10-12-20(13-11-19)26-23-24-16(3)15(2)21(27-23)28(4)5/h7-9,14,19-20H,6,10-13H2,1-5H3,(H,25,29)(H,24,26,27)/t19-,20+. The van der Waals surface area contributed by atoms with Crippen molar-refractivity contribution in [3.63, 3.8) is 0 Å². The van der Waals surface area contributed by atoms with Crippen molar-refractivity contribution in [1.82, 2.24) is 15.3 Å². The van der Waals surface area contributed by atoms with Gasteiger partial charge in [0.15, 0.2) is 0 Å². The lowest BCUT2D eigenvalue weighted by Crippen LogP contribution is -2.40. The van der Waals surface area contributed by atoms with Crippen LogP contribution in [0.5, 0.6) is 0 Å². The first-order chi connectivity index (χ1) is 13.9. The fourth-order valence-corrected chi connectivity index (χ4v) is 3.88. The van der Waals surface area contributed by atoms with Gasteiger partial charge in [-0.15, -0.1) is 0 Å². The van der Waals surface area contributed by atoms with E-state index in [0.717, 1.165) is 54.7 Å². The minimum Gasteiger partial charge on any atom is -0.362 e. The van der Waals surface area contributed by atoms with Crippen LogP contribution in [0, 0.1) is 13.8 Å². The van der Waals surface area contributed by atoms with E-state index in [1.165, 1.54) is 5.56 Å². The molecule has 1 aromatic heterocycles. The van der Waals surface area contributed by atoms with Crippen molar-refractivity contribution >= 4 is 17.7 Å². The summed E-state index contributed by atoms with van der Waals surface area (Å²) in [5.41, 5.74) is 4.06. The van der Waals surface area contributed by atoms with Crippen LogP contribution in [0.2, 0.25) is 0 Å². The zero-order valence-corrected chi connectivity index (χ0v) is 18.2. The molecule has 1 aliphatic carbocycles. The Bertz CT molecular complexity index is 856. The molecule has 1 heterocycles. The molecule has 0 atom stereocenters. The topological polar surface area (TPSA) is 70.2 Å². The molecule has 0 saturated heterocycles. The van der Waals surface area contributed by atoms with Gasteiger partial charge in [0.05, 0.1) is 0 Å². The average Bonchev–Trinajstić information content (AvgIpc) is 2.71. The van der Waals surface area contributed by atoms with Crippen LogP contribution in [0.4, 0.5) is 11.8 Å². The zero-order valence-electron chi connectivity index (χ0n) is 18.2. The Hall–Kier alpha value is -2.63. The molecule has 3 rings (SSSR count). The predicted molar refractivity (Wildman–Crippen MR) is 119 cm³/mol. The Morgan fingerprint density at radius 1 is 1.10 bits per heavy atom. The van der Waals surface area contributed by atoms with Crippen molar-refractivity contribution in [2.45, 2.75) is 65.0 Å². The van der Waals surface area contributed by atoms with Gasteiger partial charge in [0.1, 0.15) is 5.82 Å². The van der Waals surface area contributed by atoms with Crippen LogP contribution in [-0.4, -0.2) is 42.1 Å². The number of aromatic nitrogens is 2. The van der Waals surface area contributed by atoms with Gasteiger partial charge < -0.3 is 15.5 Å². The van der Waals surface area contributed by atoms with Crippen molar-refractivity contribution < 1.29 is 4.79 Å². The molecule has 0 radical (unpaired) electrons. The van der Waals surface area contributed by atoms with Gasteiger partial charge in [-0.05, 0) is 63.6 Å². The number of hydrogen-bond acceptors (Lipinski definition) is 5. The molecule has 1 fully saturated rings. The van der Waals surface area contributed by atoms with Crippen LogP contribution < -0.4 is 15.5 Å². The molecule has 0 aliphatic heterocycles. The Balaban J connectivity index is 1.55. The van der Waals surface area contributed by atoms with Crippen LogP contribution in [0.1, 0.15) is 59.8 Å². The molecule has 2 N–H and O–H groups in total. The highest BCUT2D eigenvalue weighted by molar-refractivity contribution is 5.94. The maximum absolute atomic E-state index is 12.6. The molecule has 0 bridgehead atoms. The molecule has 0 spiro atoms. The van der Waals surface area contributed by atoms with Crippen LogP contribution in [0.3, 0.4) is 0 Å². The monoisotopic (exact) mass is 395 g/mol. The number of rotatable bonds is 6. The van der Waals surface area contributed by atoms with Gasteiger partial charge in [-0.25, -0.2) is 4.98 Å². The first-order valence-electron chi connectivity index (χ1n) is 10.6. The minimum atomic E-state index is 0.0322. The van der Waals surface area contributed by atoms with Crippen molar-refractivity contribution in [2.24, 2.45) is 0 Å². The summed E-state index contributed by atoms with van der Waals surface area (Å²) in [7, 11) is 4.01. The average molecular weight is 396 g/mol. The Morgan fingerprint density at radius 3 is 2.45 bits per heavy atom. The molecule has 1 aliphatic rings. The van der Waals surface area contributed by atoms with Crippen LogP contribution in [0.15, 0.2) is 24.3 Å². The zero-order chi connectivity index (χ0) is 21.0. The second-order valence-electron chi connectivity index (χ2n) is 8.20. The summed E-state index contributed by atoms with van der Waals surface area (Å²) >= 11 is 0. The first kappa shape index (κ1) is 21.1. The minimum absolute atomic E-state index is 0.0322. The molecule has 0 unspecified atom stereocenters. The van der Waals surface area contributed by atoms with E-state index in [4.69, 9.17) is 0 Å².